The van der Waals surface area contributed by atoms with Crippen LogP contribution in [0.5, 0.6) is 0 Å². The van der Waals surface area contributed by atoms with Crippen LogP contribution >= 0.6 is 39.1 Å². The molecule has 26 heavy (non-hydrogen) atoms. The Morgan fingerprint density at radius 3 is 2.58 bits per heavy atom. The lowest BCUT2D eigenvalue weighted by Crippen LogP contribution is -2.14. The van der Waals surface area contributed by atoms with Gasteiger partial charge in [0.25, 0.3) is 0 Å². The number of hydrogen-bond donors (Lipinski definition) is 0. The Kier molecular flexibility index (Phi) is 5.00. The highest BCUT2D eigenvalue weighted by atomic mass is 79.9. The third kappa shape index (κ3) is 3.38. The van der Waals surface area contributed by atoms with Gasteiger partial charge < -0.3 is 4.90 Å². The van der Waals surface area contributed by atoms with Crippen LogP contribution in [-0.2, 0) is 12.8 Å². The molecule has 2 nitrogen and oxygen atoms in total. The van der Waals surface area contributed by atoms with Crippen LogP contribution in [0, 0.1) is 0 Å². The molecule has 0 bridgehead atoms. The fourth-order valence-corrected chi connectivity index (χ4v) is 4.48. The van der Waals surface area contributed by atoms with Gasteiger partial charge >= 0.3 is 0 Å². The Morgan fingerprint density at radius 1 is 1.04 bits per heavy atom. The standard InChI is InChI=1S/C21H19BrCl2N2/c1-26(2)6-5-16-15-4-3-14(22)7-12(15)8-17(16)21-10-13-9-18(23)19(24)11-20(13)25-21/h3-4,7,9,11H,5-6,8,10H2,1-2H3. The number of fused-ring (bicyclic) bond motifs is 2. The average Bonchev–Trinajstić information content (AvgIpc) is 3.13. The predicted molar refractivity (Wildman–Crippen MR) is 115 cm³/mol. The van der Waals surface area contributed by atoms with Crippen molar-refractivity contribution in [3.8, 4) is 0 Å². The number of rotatable bonds is 4. The lowest BCUT2D eigenvalue weighted by Gasteiger charge is -2.13. The van der Waals surface area contributed by atoms with E-state index in [9.17, 15) is 0 Å². The summed E-state index contributed by atoms with van der Waals surface area (Å²) in [5, 5.41) is 1.16. The molecule has 0 amide bonds. The first-order chi connectivity index (χ1) is 12.4. The van der Waals surface area contributed by atoms with Gasteiger partial charge in [-0.15, -0.1) is 0 Å². The minimum atomic E-state index is 0.566. The molecular weight excluding hydrogens is 431 g/mol. The SMILES string of the molecule is CN(C)CCC1=C(C2=Nc3cc(Cl)c(Cl)cc3C2)Cc2cc(Br)ccc21. The highest BCUT2D eigenvalue weighted by Gasteiger charge is 2.28. The van der Waals surface area contributed by atoms with E-state index in [0.29, 0.717) is 10.0 Å². The highest BCUT2D eigenvalue weighted by molar-refractivity contribution is 9.10. The van der Waals surface area contributed by atoms with Gasteiger partial charge in [0.15, 0.2) is 0 Å². The van der Waals surface area contributed by atoms with Gasteiger partial charge in [-0.25, -0.2) is 0 Å². The average molecular weight is 450 g/mol. The van der Waals surface area contributed by atoms with E-state index in [4.69, 9.17) is 28.2 Å². The van der Waals surface area contributed by atoms with Crippen molar-refractivity contribution in [3.05, 3.63) is 67.1 Å². The molecule has 5 heteroatoms. The number of benzene rings is 2. The maximum atomic E-state index is 6.20. The fraction of sp³-hybridized carbons (Fsp3) is 0.286. The van der Waals surface area contributed by atoms with Crippen LogP contribution in [0.2, 0.25) is 10.0 Å². The maximum absolute atomic E-state index is 6.20. The second kappa shape index (κ2) is 7.12. The van der Waals surface area contributed by atoms with Gasteiger partial charge in [-0.1, -0.05) is 45.2 Å². The van der Waals surface area contributed by atoms with Gasteiger partial charge in [-0.2, -0.15) is 0 Å². The van der Waals surface area contributed by atoms with E-state index in [1.165, 1.54) is 22.3 Å². The van der Waals surface area contributed by atoms with E-state index in [-0.39, 0.29) is 0 Å². The Bertz CT molecular complexity index is 961. The van der Waals surface area contributed by atoms with Gasteiger partial charge in [0.05, 0.1) is 15.7 Å². The van der Waals surface area contributed by atoms with Crippen LogP contribution in [0.15, 0.2) is 45.4 Å². The van der Waals surface area contributed by atoms with Crippen molar-refractivity contribution in [2.75, 3.05) is 20.6 Å². The van der Waals surface area contributed by atoms with Crippen molar-refractivity contribution < 1.29 is 0 Å². The molecule has 0 spiro atoms. The van der Waals surface area contributed by atoms with Crippen LogP contribution in [0.25, 0.3) is 5.57 Å². The molecule has 2 aromatic carbocycles. The second-order valence-electron chi connectivity index (χ2n) is 7.12. The quantitative estimate of drug-likeness (QED) is 0.531. The topological polar surface area (TPSA) is 15.6 Å². The third-order valence-electron chi connectivity index (χ3n) is 5.02. The van der Waals surface area contributed by atoms with Crippen LogP contribution in [0.4, 0.5) is 5.69 Å². The summed E-state index contributed by atoms with van der Waals surface area (Å²) < 4.78 is 1.12. The molecular formula is C21H19BrCl2N2. The minimum absolute atomic E-state index is 0.566. The minimum Gasteiger partial charge on any atom is -0.309 e. The third-order valence-corrected chi connectivity index (χ3v) is 6.23. The first-order valence-electron chi connectivity index (χ1n) is 8.64. The van der Waals surface area contributed by atoms with Crippen LogP contribution < -0.4 is 0 Å². The molecule has 0 aromatic heterocycles. The van der Waals surface area contributed by atoms with Crippen molar-refractivity contribution in [2.45, 2.75) is 19.3 Å². The Labute approximate surface area is 172 Å². The normalized spacial score (nSPS) is 15.5. The summed E-state index contributed by atoms with van der Waals surface area (Å²) in [5.41, 5.74) is 8.78. The van der Waals surface area contributed by atoms with E-state index < -0.39 is 0 Å². The van der Waals surface area contributed by atoms with Gasteiger partial charge in [0.2, 0.25) is 0 Å². The Morgan fingerprint density at radius 2 is 1.81 bits per heavy atom. The maximum Gasteiger partial charge on any atom is 0.0685 e. The molecule has 0 saturated carbocycles. The van der Waals surface area contributed by atoms with Crippen LogP contribution in [0.3, 0.4) is 0 Å². The number of allylic oxidation sites excluding steroid dienone is 1. The van der Waals surface area contributed by atoms with Crippen molar-refractivity contribution in [3.63, 3.8) is 0 Å². The molecule has 1 aliphatic heterocycles. The molecule has 0 unspecified atom stereocenters. The summed E-state index contributed by atoms with van der Waals surface area (Å²) in [5.74, 6) is 0. The molecule has 0 radical (unpaired) electrons. The monoisotopic (exact) mass is 448 g/mol. The molecule has 2 aromatic rings. The molecule has 0 saturated heterocycles. The smallest absolute Gasteiger partial charge is 0.0685 e. The van der Waals surface area contributed by atoms with Crippen LogP contribution in [0.1, 0.15) is 23.1 Å². The molecule has 0 N–H and O–H groups in total. The van der Waals surface area contributed by atoms with Crippen molar-refractivity contribution in [2.24, 2.45) is 4.99 Å². The molecule has 2 aliphatic rings. The predicted octanol–water partition coefficient (Wildman–Crippen LogP) is 6.35. The molecule has 4 rings (SSSR count). The number of hydrogen-bond acceptors (Lipinski definition) is 2. The van der Waals surface area contributed by atoms with Crippen LogP contribution in [-0.4, -0.2) is 31.3 Å². The van der Waals surface area contributed by atoms with E-state index in [1.807, 2.05) is 12.1 Å². The van der Waals surface area contributed by atoms with Gasteiger partial charge in [0, 0.05) is 29.6 Å². The lowest BCUT2D eigenvalue weighted by molar-refractivity contribution is 0.419. The summed E-state index contributed by atoms with van der Waals surface area (Å²) in [6.07, 6.45) is 2.78. The highest BCUT2D eigenvalue weighted by Crippen LogP contribution is 2.42. The number of halogens is 3. The van der Waals surface area contributed by atoms with Crippen molar-refractivity contribution >= 4 is 56.1 Å². The summed E-state index contributed by atoms with van der Waals surface area (Å²) >= 11 is 16.0. The zero-order valence-electron chi connectivity index (χ0n) is 14.7. The van der Waals surface area contributed by atoms with E-state index >= 15 is 0 Å². The largest absolute Gasteiger partial charge is 0.309 e. The molecule has 0 atom stereocenters. The van der Waals surface area contributed by atoms with Crippen molar-refractivity contribution in [1.82, 2.24) is 4.90 Å². The summed E-state index contributed by atoms with van der Waals surface area (Å²) in [6, 6.07) is 10.4. The zero-order valence-corrected chi connectivity index (χ0v) is 17.8. The molecule has 134 valence electrons. The Hall–Kier alpha value is -1.13. The first-order valence-corrected chi connectivity index (χ1v) is 10.2. The number of nitrogens with zero attached hydrogens (tertiary/aromatic N) is 2. The van der Waals surface area contributed by atoms with Gasteiger partial charge in [-0.3, -0.25) is 4.99 Å². The molecule has 0 fully saturated rings. The lowest BCUT2D eigenvalue weighted by atomic mass is 9.98. The first kappa shape index (κ1) is 18.2. The zero-order chi connectivity index (χ0) is 18.4. The fourth-order valence-electron chi connectivity index (χ4n) is 3.72. The van der Waals surface area contributed by atoms with E-state index in [0.717, 1.165) is 47.2 Å². The van der Waals surface area contributed by atoms with E-state index in [1.54, 1.807) is 0 Å². The van der Waals surface area contributed by atoms with Gasteiger partial charge in [-0.05, 0) is 72.6 Å². The molecule has 1 heterocycles. The van der Waals surface area contributed by atoms with E-state index in [2.05, 4.69) is 53.1 Å². The second-order valence-corrected chi connectivity index (χ2v) is 8.85. The number of aliphatic imine (C=N–C) groups is 1. The summed E-state index contributed by atoms with van der Waals surface area (Å²) in [7, 11) is 4.23. The summed E-state index contributed by atoms with van der Waals surface area (Å²) in [4.78, 5) is 7.14. The Balaban J connectivity index is 1.74. The van der Waals surface area contributed by atoms with Gasteiger partial charge in [0.1, 0.15) is 0 Å². The molecule has 1 aliphatic carbocycles. The summed E-state index contributed by atoms with van der Waals surface area (Å²) in [6.45, 7) is 1.02. The van der Waals surface area contributed by atoms with Crippen molar-refractivity contribution in [1.29, 1.82) is 0 Å².